The molecule has 3 rings (SSSR count). The van der Waals surface area contributed by atoms with Gasteiger partial charge in [0.2, 0.25) is 5.88 Å². The topological polar surface area (TPSA) is 68.7 Å². The Morgan fingerprint density at radius 2 is 1.41 bits per heavy atom. The van der Waals surface area contributed by atoms with E-state index in [9.17, 15) is 9.90 Å². The molecule has 0 saturated heterocycles. The van der Waals surface area contributed by atoms with E-state index in [0.29, 0.717) is 23.9 Å². The van der Waals surface area contributed by atoms with Crippen LogP contribution in [0.15, 0.2) is 53.4 Å². The van der Waals surface area contributed by atoms with Gasteiger partial charge in [0.25, 0.3) is 0 Å². The Morgan fingerprint density at radius 3 is 2.00 bits per heavy atom. The van der Waals surface area contributed by atoms with Crippen molar-refractivity contribution < 1.29 is 19.4 Å². The summed E-state index contributed by atoms with van der Waals surface area (Å²) in [6.45, 7) is 4.40. The van der Waals surface area contributed by atoms with Crippen LogP contribution in [0.2, 0.25) is 0 Å². The van der Waals surface area contributed by atoms with E-state index in [2.05, 4.69) is 43.1 Å². The zero-order valence-electron chi connectivity index (χ0n) is 27.7. The predicted octanol–water partition coefficient (Wildman–Crippen LogP) is 10.5. The van der Waals surface area contributed by atoms with Crippen molar-refractivity contribution >= 4 is 28.6 Å². The van der Waals surface area contributed by atoms with Gasteiger partial charge in [-0.15, -0.1) is 0 Å². The summed E-state index contributed by atoms with van der Waals surface area (Å²) >= 11 is 1.49. The third kappa shape index (κ3) is 11.7. The number of aryl methyl sites for hydroxylation is 1. The molecule has 0 amide bonds. The van der Waals surface area contributed by atoms with E-state index in [0.717, 1.165) is 23.1 Å². The molecule has 0 aliphatic heterocycles. The number of carbonyl (C=O) groups excluding carboxylic acids is 1. The minimum atomic E-state index is -0.940. The number of rotatable bonds is 22. The van der Waals surface area contributed by atoms with Crippen molar-refractivity contribution in [3.63, 3.8) is 0 Å². The van der Waals surface area contributed by atoms with E-state index in [-0.39, 0.29) is 5.88 Å². The lowest BCUT2D eigenvalue weighted by Crippen LogP contribution is -2.27. The largest absolute Gasteiger partial charge is 0.480 e. The fourth-order valence-electron chi connectivity index (χ4n) is 5.99. The molecule has 6 heteroatoms. The van der Waals surface area contributed by atoms with Gasteiger partial charge in [0.05, 0.1) is 19.7 Å². The SMILES string of the molecule is CCCCCCCCCCCCCCCc1ccccc1C[C@](O)(CCC)Sc1ccc2cc(C(=O)OC)c(OC)nc2c1. The quantitative estimate of drug-likeness (QED) is 0.0521. The normalized spacial score (nSPS) is 12.8. The first-order chi connectivity index (χ1) is 21.4. The molecule has 3 aromatic rings. The summed E-state index contributed by atoms with van der Waals surface area (Å²) in [6.07, 6.45) is 20.9. The molecule has 0 radical (unpaired) electrons. The monoisotopic (exact) mass is 621 g/mol. The number of aliphatic hydroxyl groups is 1. The average Bonchev–Trinajstić information content (AvgIpc) is 3.03. The molecule has 1 heterocycles. The molecule has 0 aliphatic rings. The minimum absolute atomic E-state index is 0.234. The van der Waals surface area contributed by atoms with Crippen LogP contribution in [0.1, 0.15) is 132 Å². The van der Waals surface area contributed by atoms with Crippen molar-refractivity contribution in [2.24, 2.45) is 0 Å². The van der Waals surface area contributed by atoms with Gasteiger partial charge in [0.15, 0.2) is 0 Å². The van der Waals surface area contributed by atoms with E-state index in [4.69, 9.17) is 9.47 Å². The molecule has 0 fully saturated rings. The Labute approximate surface area is 270 Å². The lowest BCUT2D eigenvalue weighted by atomic mass is 9.95. The maximum Gasteiger partial charge on any atom is 0.343 e. The molecule has 1 atom stereocenters. The number of benzene rings is 2. The Morgan fingerprint density at radius 1 is 0.795 bits per heavy atom. The summed E-state index contributed by atoms with van der Waals surface area (Å²) < 4.78 is 10.3. The van der Waals surface area contributed by atoms with Crippen LogP contribution in [0.5, 0.6) is 5.88 Å². The van der Waals surface area contributed by atoms with Crippen molar-refractivity contribution in [1.29, 1.82) is 0 Å². The van der Waals surface area contributed by atoms with Crippen molar-refractivity contribution in [2.45, 2.75) is 133 Å². The van der Waals surface area contributed by atoms with E-state index < -0.39 is 10.9 Å². The van der Waals surface area contributed by atoms with Gasteiger partial charge in [-0.25, -0.2) is 9.78 Å². The fourth-order valence-corrected chi connectivity index (χ4v) is 7.27. The summed E-state index contributed by atoms with van der Waals surface area (Å²) in [7, 11) is 2.84. The third-order valence-corrected chi connectivity index (χ3v) is 9.65. The van der Waals surface area contributed by atoms with Gasteiger partial charge in [-0.05, 0) is 48.6 Å². The second-order valence-corrected chi connectivity index (χ2v) is 13.6. The van der Waals surface area contributed by atoms with Gasteiger partial charge in [0, 0.05) is 16.7 Å². The average molecular weight is 622 g/mol. The molecule has 1 aromatic heterocycles. The summed E-state index contributed by atoms with van der Waals surface area (Å²) in [5.74, 6) is -0.248. The van der Waals surface area contributed by atoms with Crippen LogP contribution in [-0.2, 0) is 17.6 Å². The molecule has 0 bridgehead atoms. The maximum atomic E-state index is 12.2. The molecule has 1 N–H and O–H groups in total. The number of thioether (sulfide) groups is 1. The van der Waals surface area contributed by atoms with Crippen molar-refractivity contribution in [3.05, 3.63) is 65.2 Å². The number of methoxy groups -OCH3 is 2. The van der Waals surface area contributed by atoms with Gasteiger partial charge in [-0.3, -0.25) is 0 Å². The summed E-state index contributed by atoms with van der Waals surface area (Å²) in [5.41, 5.74) is 3.59. The highest BCUT2D eigenvalue weighted by Crippen LogP contribution is 2.39. The molecule has 0 unspecified atom stereocenters. The van der Waals surface area contributed by atoms with Crippen LogP contribution in [-0.4, -0.2) is 35.2 Å². The Balaban J connectivity index is 1.54. The van der Waals surface area contributed by atoms with Crippen LogP contribution < -0.4 is 4.74 Å². The van der Waals surface area contributed by atoms with Crippen molar-refractivity contribution in [2.75, 3.05) is 14.2 Å². The van der Waals surface area contributed by atoms with Gasteiger partial charge in [0.1, 0.15) is 10.5 Å². The van der Waals surface area contributed by atoms with Gasteiger partial charge >= 0.3 is 5.97 Å². The van der Waals surface area contributed by atoms with E-state index in [1.807, 2.05) is 18.2 Å². The zero-order chi connectivity index (χ0) is 31.6. The van der Waals surface area contributed by atoms with Crippen LogP contribution in [0.4, 0.5) is 0 Å². The van der Waals surface area contributed by atoms with Gasteiger partial charge < -0.3 is 14.6 Å². The van der Waals surface area contributed by atoms with Crippen LogP contribution in [0, 0.1) is 0 Å². The number of fused-ring (bicyclic) bond motifs is 1. The van der Waals surface area contributed by atoms with Gasteiger partial charge in [-0.2, -0.15) is 0 Å². The molecule has 0 aliphatic carbocycles. The Hall–Kier alpha value is -2.57. The van der Waals surface area contributed by atoms with E-state index in [1.54, 1.807) is 6.07 Å². The molecular formula is C38H55NO4S. The van der Waals surface area contributed by atoms with E-state index in [1.165, 1.54) is 121 Å². The third-order valence-electron chi connectivity index (χ3n) is 8.44. The number of unbranched alkanes of at least 4 members (excludes halogenated alkanes) is 12. The molecule has 242 valence electrons. The number of aromatic nitrogens is 1. The van der Waals surface area contributed by atoms with Crippen molar-refractivity contribution in [3.8, 4) is 5.88 Å². The molecule has 2 aromatic carbocycles. The minimum Gasteiger partial charge on any atom is -0.480 e. The molecule has 44 heavy (non-hydrogen) atoms. The smallest absolute Gasteiger partial charge is 0.343 e. The summed E-state index contributed by atoms with van der Waals surface area (Å²) in [4.78, 5) is 16.7. The number of hydrogen-bond acceptors (Lipinski definition) is 6. The number of pyridine rings is 1. The molecule has 0 spiro atoms. The Kier molecular flexibility index (Phi) is 16.1. The highest BCUT2D eigenvalue weighted by atomic mass is 32.2. The van der Waals surface area contributed by atoms with Crippen molar-refractivity contribution in [1.82, 2.24) is 4.98 Å². The molecule has 0 saturated carbocycles. The van der Waals surface area contributed by atoms with Crippen LogP contribution in [0.3, 0.4) is 0 Å². The van der Waals surface area contributed by atoms with Gasteiger partial charge in [-0.1, -0.05) is 139 Å². The maximum absolute atomic E-state index is 12.2. The first-order valence-electron chi connectivity index (χ1n) is 17.0. The number of hydrogen-bond donors (Lipinski definition) is 1. The zero-order valence-corrected chi connectivity index (χ0v) is 28.5. The molecular weight excluding hydrogens is 566 g/mol. The summed E-state index contributed by atoms with van der Waals surface area (Å²) in [6, 6.07) is 16.3. The highest BCUT2D eigenvalue weighted by Gasteiger charge is 2.29. The second-order valence-electron chi connectivity index (χ2n) is 12.1. The number of nitrogens with zero attached hydrogens (tertiary/aromatic N) is 1. The number of carbonyl (C=O) groups is 1. The number of ether oxygens (including phenoxy) is 2. The van der Waals surface area contributed by atoms with E-state index >= 15 is 0 Å². The first-order valence-corrected chi connectivity index (χ1v) is 17.8. The summed E-state index contributed by atoms with van der Waals surface area (Å²) in [5, 5.41) is 12.7. The lowest BCUT2D eigenvalue weighted by molar-refractivity contribution is 0.0596. The molecule has 5 nitrogen and oxygen atoms in total. The second kappa shape index (κ2) is 19.7. The Bertz CT molecular complexity index is 1280. The first kappa shape index (κ1) is 35.9. The number of esters is 1. The predicted molar refractivity (Wildman–Crippen MR) is 185 cm³/mol. The van der Waals surface area contributed by atoms with Crippen LogP contribution in [0.25, 0.3) is 10.9 Å². The van der Waals surface area contributed by atoms with Crippen LogP contribution >= 0.6 is 11.8 Å². The highest BCUT2D eigenvalue weighted by molar-refractivity contribution is 8.00. The standard InChI is InChI=1S/C38H55NO4S/c1-5-7-8-9-10-11-12-13-14-15-16-17-18-21-30-22-19-20-23-32(30)29-38(41,26-6-2)44-33-25-24-31-27-34(37(40)43-4)36(42-3)39-35(31)28-33/h19-20,22-25,27-28,41H,5-18,21,26,29H2,1-4H3/t38-/m0/s1. The lowest BCUT2D eigenvalue weighted by Gasteiger charge is -2.28. The fraction of sp³-hybridized carbons (Fsp3) is 0.579.